The lowest BCUT2D eigenvalue weighted by molar-refractivity contribution is -0.137. The molecule has 6 heteroatoms. The minimum absolute atomic E-state index is 0.0653. The molecular formula is C25H30N2O4. The fraction of sp³-hybridized carbons (Fsp3) is 0.400. The van der Waals surface area contributed by atoms with E-state index < -0.39 is 5.97 Å². The molecule has 0 spiro atoms. The van der Waals surface area contributed by atoms with E-state index in [-0.39, 0.29) is 12.5 Å². The zero-order chi connectivity index (χ0) is 22.0. The first kappa shape index (κ1) is 21.2. The minimum atomic E-state index is -0.804. The highest BCUT2D eigenvalue weighted by Gasteiger charge is 2.25. The lowest BCUT2D eigenvalue weighted by atomic mass is 9.97. The van der Waals surface area contributed by atoms with Gasteiger partial charge in [0, 0.05) is 22.2 Å². The summed E-state index contributed by atoms with van der Waals surface area (Å²) in [6.45, 7) is 5.61. The first-order valence-electron chi connectivity index (χ1n) is 10.8. The average molecular weight is 423 g/mol. The van der Waals surface area contributed by atoms with Crippen molar-refractivity contribution in [3.63, 3.8) is 0 Å². The number of aromatic amines is 1. The topological polar surface area (TPSA) is 83.6 Å². The van der Waals surface area contributed by atoms with E-state index in [1.165, 1.54) is 11.1 Å². The molecule has 0 fully saturated rings. The Balaban J connectivity index is 1.54. The van der Waals surface area contributed by atoms with E-state index in [0.717, 1.165) is 53.0 Å². The molecule has 3 N–H and O–H groups in total. The van der Waals surface area contributed by atoms with Gasteiger partial charge in [-0.3, -0.25) is 4.79 Å². The molecule has 1 aliphatic heterocycles. The number of H-pyrrole nitrogens is 1. The molecule has 0 saturated carbocycles. The Bertz CT molecular complexity index is 1090. The van der Waals surface area contributed by atoms with Gasteiger partial charge < -0.3 is 24.9 Å². The number of nitrogens with one attached hydrogen (secondary N) is 2. The van der Waals surface area contributed by atoms with Crippen LogP contribution in [0, 0.1) is 5.92 Å². The number of carbonyl (C=O) groups is 1. The smallest absolute Gasteiger partial charge is 0.305 e. The molecule has 1 atom stereocenters. The van der Waals surface area contributed by atoms with Crippen molar-refractivity contribution in [2.24, 2.45) is 5.92 Å². The fourth-order valence-corrected chi connectivity index (χ4v) is 4.39. The molecule has 6 nitrogen and oxygen atoms in total. The van der Waals surface area contributed by atoms with Crippen LogP contribution in [0.3, 0.4) is 0 Å². The molecule has 31 heavy (non-hydrogen) atoms. The molecule has 0 saturated heterocycles. The van der Waals surface area contributed by atoms with Gasteiger partial charge in [0.25, 0.3) is 0 Å². The van der Waals surface area contributed by atoms with E-state index >= 15 is 0 Å². The molecule has 1 aromatic heterocycles. The third-order valence-corrected chi connectivity index (χ3v) is 5.79. The Morgan fingerprint density at radius 3 is 2.81 bits per heavy atom. The molecule has 0 bridgehead atoms. The summed E-state index contributed by atoms with van der Waals surface area (Å²) in [5, 5.41) is 13.6. The normalized spacial score (nSPS) is 15.8. The van der Waals surface area contributed by atoms with Crippen molar-refractivity contribution in [1.82, 2.24) is 10.3 Å². The number of aromatic nitrogens is 1. The van der Waals surface area contributed by atoms with Gasteiger partial charge in [-0.15, -0.1) is 0 Å². The maximum atomic E-state index is 11.2. The number of ether oxygens (including phenoxy) is 2. The fourth-order valence-electron chi connectivity index (χ4n) is 4.39. The Morgan fingerprint density at radius 2 is 2.06 bits per heavy atom. The minimum Gasteiger partial charge on any atom is -0.496 e. The first-order chi connectivity index (χ1) is 14.9. The van der Waals surface area contributed by atoms with Crippen LogP contribution in [0.5, 0.6) is 11.5 Å². The lowest BCUT2D eigenvalue weighted by Gasteiger charge is -2.22. The van der Waals surface area contributed by atoms with Crippen LogP contribution in [-0.2, 0) is 24.2 Å². The molecule has 4 rings (SSSR count). The number of carboxylic acid groups (broad SMARTS) is 1. The molecule has 2 aromatic carbocycles. The molecule has 1 aliphatic rings. The first-order valence-corrected chi connectivity index (χ1v) is 10.8. The number of rotatable bonds is 8. The van der Waals surface area contributed by atoms with Crippen LogP contribution in [0.2, 0.25) is 0 Å². The third-order valence-electron chi connectivity index (χ3n) is 5.79. The van der Waals surface area contributed by atoms with Gasteiger partial charge in [-0.25, -0.2) is 0 Å². The van der Waals surface area contributed by atoms with E-state index in [1.54, 1.807) is 7.11 Å². The lowest BCUT2D eigenvalue weighted by Crippen LogP contribution is -2.31. The van der Waals surface area contributed by atoms with Crippen molar-refractivity contribution in [1.29, 1.82) is 0 Å². The van der Waals surface area contributed by atoms with Gasteiger partial charge >= 0.3 is 5.97 Å². The molecule has 3 aromatic rings. The van der Waals surface area contributed by atoms with Crippen LogP contribution in [0.25, 0.3) is 10.9 Å². The maximum Gasteiger partial charge on any atom is 0.305 e. The molecule has 1 unspecified atom stereocenters. The molecule has 0 aliphatic carbocycles. The number of aliphatic carboxylic acids is 1. The van der Waals surface area contributed by atoms with Gasteiger partial charge in [0.05, 0.1) is 19.6 Å². The average Bonchev–Trinajstić information content (AvgIpc) is 3.11. The van der Waals surface area contributed by atoms with Crippen LogP contribution in [0.15, 0.2) is 36.4 Å². The van der Waals surface area contributed by atoms with Crippen molar-refractivity contribution >= 4 is 16.9 Å². The van der Waals surface area contributed by atoms with E-state index in [2.05, 4.69) is 42.3 Å². The molecule has 0 amide bonds. The SMILES string of the molecule is COc1cc(CC(C)C)ccc1COc1ccc2[nH]c3c(c2c1)CCNC3CC(=O)O. The monoisotopic (exact) mass is 422 g/mol. The van der Waals surface area contributed by atoms with Gasteiger partial charge in [-0.2, -0.15) is 0 Å². The zero-order valence-electron chi connectivity index (χ0n) is 18.3. The summed E-state index contributed by atoms with van der Waals surface area (Å²) in [6, 6.07) is 12.1. The van der Waals surface area contributed by atoms with Gasteiger partial charge in [0.15, 0.2) is 0 Å². The van der Waals surface area contributed by atoms with Crippen LogP contribution >= 0.6 is 0 Å². The molecule has 2 heterocycles. The second-order valence-corrected chi connectivity index (χ2v) is 8.61. The van der Waals surface area contributed by atoms with Crippen molar-refractivity contribution < 1.29 is 19.4 Å². The van der Waals surface area contributed by atoms with Crippen LogP contribution in [-0.4, -0.2) is 29.7 Å². The molecular weight excluding hydrogens is 392 g/mol. The van der Waals surface area contributed by atoms with E-state index in [9.17, 15) is 9.90 Å². The van der Waals surface area contributed by atoms with Crippen molar-refractivity contribution in [2.75, 3.05) is 13.7 Å². The van der Waals surface area contributed by atoms with E-state index in [1.807, 2.05) is 18.2 Å². The Morgan fingerprint density at radius 1 is 1.23 bits per heavy atom. The summed E-state index contributed by atoms with van der Waals surface area (Å²) in [7, 11) is 1.69. The van der Waals surface area contributed by atoms with Gasteiger partial charge in [0.2, 0.25) is 0 Å². The predicted molar refractivity (Wildman–Crippen MR) is 121 cm³/mol. The van der Waals surface area contributed by atoms with E-state index in [0.29, 0.717) is 12.5 Å². The van der Waals surface area contributed by atoms with Gasteiger partial charge in [-0.05, 0) is 60.7 Å². The number of hydrogen-bond acceptors (Lipinski definition) is 4. The van der Waals surface area contributed by atoms with Crippen molar-refractivity contribution in [3.8, 4) is 11.5 Å². The van der Waals surface area contributed by atoms with E-state index in [4.69, 9.17) is 9.47 Å². The Hall–Kier alpha value is -2.99. The summed E-state index contributed by atoms with van der Waals surface area (Å²) in [4.78, 5) is 14.6. The van der Waals surface area contributed by atoms with Crippen LogP contribution < -0.4 is 14.8 Å². The third kappa shape index (κ3) is 4.69. The summed E-state index contributed by atoms with van der Waals surface area (Å²) < 4.78 is 11.7. The van der Waals surface area contributed by atoms with Crippen molar-refractivity contribution in [3.05, 3.63) is 58.8 Å². The standard InChI is InChI=1S/C25H30N2O4/c1-15(2)10-16-4-5-17(23(11-16)30-3)14-31-18-6-7-21-20(12-18)19-8-9-26-22(13-24(28)29)25(19)27-21/h4-7,11-12,15,22,26-27H,8-10,13-14H2,1-3H3,(H,28,29). The number of methoxy groups -OCH3 is 1. The van der Waals surface area contributed by atoms with Gasteiger partial charge in [0.1, 0.15) is 18.1 Å². The maximum absolute atomic E-state index is 11.2. The molecule has 164 valence electrons. The Labute approximate surface area is 182 Å². The number of fused-ring (bicyclic) bond motifs is 3. The summed E-state index contributed by atoms with van der Waals surface area (Å²) >= 11 is 0. The highest BCUT2D eigenvalue weighted by molar-refractivity contribution is 5.86. The van der Waals surface area contributed by atoms with Crippen molar-refractivity contribution in [2.45, 2.75) is 45.8 Å². The highest BCUT2D eigenvalue weighted by atomic mass is 16.5. The Kier molecular flexibility index (Phi) is 6.18. The highest BCUT2D eigenvalue weighted by Crippen LogP contribution is 2.34. The van der Waals surface area contributed by atoms with Gasteiger partial charge in [-0.1, -0.05) is 26.0 Å². The second kappa shape index (κ2) is 9.02. The molecule has 0 radical (unpaired) electrons. The number of benzene rings is 2. The van der Waals surface area contributed by atoms with Crippen LogP contribution in [0.4, 0.5) is 0 Å². The second-order valence-electron chi connectivity index (χ2n) is 8.61. The number of carboxylic acids is 1. The quantitative estimate of drug-likeness (QED) is 0.494. The summed E-state index contributed by atoms with van der Waals surface area (Å²) in [5.41, 5.74) is 5.44. The zero-order valence-corrected chi connectivity index (χ0v) is 18.3. The predicted octanol–water partition coefficient (Wildman–Crippen LogP) is 4.62. The summed E-state index contributed by atoms with van der Waals surface area (Å²) in [6.07, 6.45) is 1.94. The van der Waals surface area contributed by atoms with Crippen LogP contribution in [0.1, 0.15) is 48.7 Å². The number of hydrogen-bond donors (Lipinski definition) is 3. The largest absolute Gasteiger partial charge is 0.496 e. The summed E-state index contributed by atoms with van der Waals surface area (Å²) in [5.74, 6) is 1.43.